The number of nitro benzene ring substituents is 1. The molecule has 0 amide bonds. The molecule has 2 N–H and O–H groups in total. The number of ketones is 1. The van der Waals surface area contributed by atoms with Crippen LogP contribution < -0.4 is 10.5 Å². The second-order valence-electron chi connectivity index (χ2n) is 9.71. The highest BCUT2D eigenvalue weighted by molar-refractivity contribution is 9.10. The van der Waals surface area contributed by atoms with Gasteiger partial charge in [-0.25, -0.2) is 4.79 Å². The van der Waals surface area contributed by atoms with Crippen molar-refractivity contribution in [3.05, 3.63) is 91.0 Å². The lowest BCUT2D eigenvalue weighted by Gasteiger charge is -2.38. The number of hydrogen-bond donors (Lipinski definition) is 1. The van der Waals surface area contributed by atoms with Crippen LogP contribution in [0.1, 0.15) is 50.7 Å². The third kappa shape index (κ3) is 5.53. The van der Waals surface area contributed by atoms with Crippen molar-refractivity contribution in [2.45, 2.75) is 46.1 Å². The molecule has 0 spiro atoms. The summed E-state index contributed by atoms with van der Waals surface area (Å²) in [5.74, 6) is -0.989. The zero-order valence-electron chi connectivity index (χ0n) is 20.7. The number of ether oxygens (including phenoxy) is 3. The lowest BCUT2D eigenvalue weighted by molar-refractivity contribution is -0.384. The SMILES string of the molecule is CCOC(=O)C1=C(N)OC2=C(C(=O)CC(C)(C)C2)C1c1cc(Br)ccc1OCc1cccc([N+](=O)[O-])c1. The Morgan fingerprint density at radius 1 is 1.24 bits per heavy atom. The smallest absolute Gasteiger partial charge is 0.340 e. The molecule has 2 aromatic rings. The molecule has 10 heteroatoms. The Labute approximate surface area is 222 Å². The molecule has 0 bridgehead atoms. The number of nitrogens with zero attached hydrogens (tertiary/aromatic N) is 1. The van der Waals surface area contributed by atoms with Crippen LogP contribution in [-0.4, -0.2) is 23.3 Å². The first kappa shape index (κ1) is 26.4. The summed E-state index contributed by atoms with van der Waals surface area (Å²) in [6.45, 7) is 5.77. The van der Waals surface area contributed by atoms with E-state index in [1.54, 1.807) is 37.3 Å². The summed E-state index contributed by atoms with van der Waals surface area (Å²) in [6.07, 6.45) is 0.749. The number of carbonyl (C=O) groups is 2. The van der Waals surface area contributed by atoms with Crippen molar-refractivity contribution in [2.75, 3.05) is 6.61 Å². The predicted octanol–water partition coefficient (Wildman–Crippen LogP) is 5.43. The van der Waals surface area contributed by atoms with E-state index >= 15 is 0 Å². The molecule has 194 valence electrons. The fourth-order valence-electron chi connectivity index (χ4n) is 4.70. The number of nitrogens with two attached hydrogens (primary N) is 1. The van der Waals surface area contributed by atoms with Gasteiger partial charge in [-0.15, -0.1) is 0 Å². The van der Waals surface area contributed by atoms with Crippen LogP contribution >= 0.6 is 15.9 Å². The maximum Gasteiger partial charge on any atom is 0.340 e. The summed E-state index contributed by atoms with van der Waals surface area (Å²) in [4.78, 5) is 37.3. The molecule has 1 aliphatic carbocycles. The standard InChI is InChI=1S/C27H27BrN2O7/c1-4-35-26(32)24-22(23-19(31)12-27(2,3)13-21(23)37-25(24)29)18-11-16(28)8-9-20(18)36-14-15-6-5-7-17(10-15)30(33)34/h5-11,22H,4,12-14,29H2,1-3H3. The van der Waals surface area contributed by atoms with E-state index in [-0.39, 0.29) is 48.0 Å². The maximum atomic E-state index is 13.5. The first-order valence-corrected chi connectivity index (χ1v) is 12.6. The summed E-state index contributed by atoms with van der Waals surface area (Å²) in [5, 5.41) is 11.2. The molecule has 0 radical (unpaired) electrons. The van der Waals surface area contributed by atoms with Crippen LogP contribution in [0.25, 0.3) is 0 Å². The fourth-order valence-corrected chi connectivity index (χ4v) is 5.08. The fraction of sp³-hybridized carbons (Fsp3) is 0.333. The molecule has 1 aliphatic heterocycles. The number of hydrogen-bond acceptors (Lipinski definition) is 8. The highest BCUT2D eigenvalue weighted by Gasteiger charge is 2.46. The van der Waals surface area contributed by atoms with Gasteiger partial charge < -0.3 is 19.9 Å². The number of non-ortho nitro benzene ring substituents is 1. The van der Waals surface area contributed by atoms with Crippen molar-refractivity contribution < 1.29 is 28.7 Å². The van der Waals surface area contributed by atoms with Crippen molar-refractivity contribution in [2.24, 2.45) is 11.1 Å². The Kier molecular flexibility index (Phi) is 7.40. The van der Waals surface area contributed by atoms with Gasteiger partial charge in [-0.2, -0.15) is 0 Å². The lowest BCUT2D eigenvalue weighted by Crippen LogP contribution is -2.35. The number of halogens is 1. The number of nitro groups is 1. The van der Waals surface area contributed by atoms with E-state index in [0.717, 1.165) is 0 Å². The molecule has 0 fully saturated rings. The van der Waals surface area contributed by atoms with Crippen LogP contribution in [0, 0.1) is 15.5 Å². The summed E-state index contributed by atoms with van der Waals surface area (Å²) in [5.41, 5.74) is 7.39. The number of allylic oxidation sites excluding steroid dienone is 2. The first-order valence-electron chi connectivity index (χ1n) is 11.8. The Morgan fingerprint density at radius 3 is 2.70 bits per heavy atom. The van der Waals surface area contributed by atoms with E-state index in [4.69, 9.17) is 19.9 Å². The Bertz CT molecular complexity index is 1350. The highest BCUT2D eigenvalue weighted by Crippen LogP contribution is 2.50. The van der Waals surface area contributed by atoms with Gasteiger partial charge in [0.2, 0.25) is 5.88 Å². The molecule has 37 heavy (non-hydrogen) atoms. The van der Waals surface area contributed by atoms with Crippen molar-refractivity contribution in [3.63, 3.8) is 0 Å². The summed E-state index contributed by atoms with van der Waals surface area (Å²) in [7, 11) is 0. The monoisotopic (exact) mass is 570 g/mol. The lowest BCUT2D eigenvalue weighted by atomic mass is 9.70. The molecule has 0 saturated heterocycles. The third-order valence-corrected chi connectivity index (χ3v) is 6.74. The minimum absolute atomic E-state index is 0.0281. The molecule has 0 saturated carbocycles. The highest BCUT2D eigenvalue weighted by atomic mass is 79.9. The molecular weight excluding hydrogens is 544 g/mol. The molecule has 1 atom stereocenters. The summed E-state index contributed by atoms with van der Waals surface area (Å²) in [6, 6.07) is 11.4. The molecule has 1 unspecified atom stereocenters. The van der Waals surface area contributed by atoms with Crippen LogP contribution in [0.5, 0.6) is 5.75 Å². The molecular formula is C27H27BrN2O7. The Morgan fingerprint density at radius 2 is 2.00 bits per heavy atom. The van der Waals surface area contributed by atoms with Crippen molar-refractivity contribution in [3.8, 4) is 5.75 Å². The second kappa shape index (κ2) is 10.4. The van der Waals surface area contributed by atoms with Crippen molar-refractivity contribution in [1.29, 1.82) is 0 Å². The van der Waals surface area contributed by atoms with Gasteiger partial charge in [-0.3, -0.25) is 14.9 Å². The topological polar surface area (TPSA) is 131 Å². The molecule has 0 aromatic heterocycles. The minimum atomic E-state index is -0.871. The third-order valence-electron chi connectivity index (χ3n) is 6.25. The van der Waals surface area contributed by atoms with E-state index < -0.39 is 16.8 Å². The predicted molar refractivity (Wildman–Crippen MR) is 138 cm³/mol. The van der Waals surface area contributed by atoms with Gasteiger partial charge in [-0.05, 0) is 36.1 Å². The van der Waals surface area contributed by atoms with Crippen molar-refractivity contribution in [1.82, 2.24) is 0 Å². The van der Waals surface area contributed by atoms with Crippen LogP contribution in [0.3, 0.4) is 0 Å². The second-order valence-corrected chi connectivity index (χ2v) is 10.6. The zero-order valence-corrected chi connectivity index (χ0v) is 22.3. The molecule has 2 aromatic carbocycles. The Hall–Kier alpha value is -3.66. The molecule has 2 aliphatic rings. The van der Waals surface area contributed by atoms with E-state index in [1.807, 2.05) is 13.8 Å². The van der Waals surface area contributed by atoms with Gasteiger partial charge in [0.1, 0.15) is 23.7 Å². The van der Waals surface area contributed by atoms with Gasteiger partial charge in [0, 0.05) is 40.6 Å². The van der Waals surface area contributed by atoms with E-state index in [9.17, 15) is 19.7 Å². The van der Waals surface area contributed by atoms with Crippen LogP contribution in [0.2, 0.25) is 0 Å². The van der Waals surface area contributed by atoms with Gasteiger partial charge in [0.15, 0.2) is 5.78 Å². The van der Waals surface area contributed by atoms with Gasteiger partial charge in [0.05, 0.1) is 17.4 Å². The van der Waals surface area contributed by atoms with Crippen LogP contribution in [-0.2, 0) is 25.7 Å². The van der Waals surface area contributed by atoms with E-state index in [1.165, 1.54) is 12.1 Å². The zero-order chi connectivity index (χ0) is 26.9. The first-order chi connectivity index (χ1) is 17.5. The quantitative estimate of drug-likeness (QED) is 0.265. The number of esters is 1. The largest absolute Gasteiger partial charge is 0.489 e. The summed E-state index contributed by atoms with van der Waals surface area (Å²) < 4.78 is 18.0. The molecule has 9 nitrogen and oxygen atoms in total. The number of rotatable bonds is 7. The number of Topliss-reactive ketones (excluding diaryl/α,β-unsaturated/α-hetero) is 1. The number of benzene rings is 2. The van der Waals surface area contributed by atoms with E-state index in [2.05, 4.69) is 15.9 Å². The van der Waals surface area contributed by atoms with Crippen LogP contribution in [0.4, 0.5) is 5.69 Å². The number of carbonyl (C=O) groups excluding carboxylic acids is 2. The molecule has 1 heterocycles. The maximum absolute atomic E-state index is 13.5. The van der Waals surface area contributed by atoms with Crippen LogP contribution in [0.15, 0.2) is 69.7 Å². The normalized spacial score (nSPS) is 18.7. The molecule has 4 rings (SSSR count). The average Bonchev–Trinajstić information content (AvgIpc) is 2.81. The average molecular weight is 571 g/mol. The van der Waals surface area contributed by atoms with E-state index in [0.29, 0.717) is 39.1 Å². The van der Waals surface area contributed by atoms with Gasteiger partial charge in [0.25, 0.3) is 5.69 Å². The van der Waals surface area contributed by atoms with Gasteiger partial charge in [-0.1, -0.05) is 41.9 Å². The Balaban J connectivity index is 1.81. The van der Waals surface area contributed by atoms with Gasteiger partial charge >= 0.3 is 5.97 Å². The van der Waals surface area contributed by atoms with Crippen molar-refractivity contribution >= 4 is 33.4 Å². The summed E-state index contributed by atoms with van der Waals surface area (Å²) >= 11 is 3.48. The minimum Gasteiger partial charge on any atom is -0.489 e.